The number of carbonyl (C=O) groups is 1. The Hall–Kier alpha value is -3.47. The summed E-state index contributed by atoms with van der Waals surface area (Å²) in [6.07, 6.45) is 3.35. The predicted octanol–water partition coefficient (Wildman–Crippen LogP) is 0.958. The topological polar surface area (TPSA) is 90.4 Å². The van der Waals surface area contributed by atoms with Crippen molar-refractivity contribution in [3.05, 3.63) is 54.0 Å². The number of fused-ring (bicyclic) bond motifs is 1. The number of benzene rings is 1. The number of amides is 1. The lowest BCUT2D eigenvalue weighted by molar-refractivity contribution is 0.0747. The zero-order valence-electron chi connectivity index (χ0n) is 13.4. The molecule has 2 aromatic heterocycles. The minimum absolute atomic E-state index is 0.00447. The number of piperazine rings is 1. The van der Waals surface area contributed by atoms with E-state index in [1.165, 1.54) is 0 Å². The summed E-state index contributed by atoms with van der Waals surface area (Å²) in [6.45, 7) is 2.73. The first-order chi connectivity index (χ1) is 12.2. The van der Waals surface area contributed by atoms with Crippen molar-refractivity contribution in [3.63, 3.8) is 0 Å². The van der Waals surface area contributed by atoms with E-state index in [0.29, 0.717) is 29.9 Å². The summed E-state index contributed by atoms with van der Waals surface area (Å²) in [5.74, 6) is -0.00447. The van der Waals surface area contributed by atoms with Crippen LogP contribution in [0.15, 0.2) is 42.9 Å². The van der Waals surface area contributed by atoms with Crippen LogP contribution in [0.3, 0.4) is 0 Å². The van der Waals surface area contributed by atoms with Gasteiger partial charge in [-0.3, -0.25) is 4.79 Å². The lowest BCUT2D eigenvalue weighted by atomic mass is 10.1. The number of hydrogen-bond acceptors (Lipinski definition) is 6. The highest BCUT2D eigenvalue weighted by Gasteiger charge is 2.22. The van der Waals surface area contributed by atoms with E-state index in [9.17, 15) is 4.79 Å². The number of rotatable bonds is 2. The van der Waals surface area contributed by atoms with Crippen LogP contribution < -0.4 is 4.90 Å². The summed E-state index contributed by atoms with van der Waals surface area (Å²) in [4.78, 5) is 16.6. The number of nitrogens with zero attached hydrogens (tertiary/aromatic N) is 7. The quantitative estimate of drug-likeness (QED) is 0.694. The van der Waals surface area contributed by atoms with Crippen LogP contribution in [0.1, 0.15) is 15.9 Å². The first kappa shape index (κ1) is 15.1. The smallest absolute Gasteiger partial charge is 0.253 e. The summed E-state index contributed by atoms with van der Waals surface area (Å²) in [6, 6.07) is 10.7. The SMILES string of the molecule is N#Cc1ccc(C(=O)N2CCN(c3cnn4cnnc4c3)CC2)cc1. The zero-order chi connectivity index (χ0) is 17.2. The highest BCUT2D eigenvalue weighted by molar-refractivity contribution is 5.94. The van der Waals surface area contributed by atoms with Crippen molar-refractivity contribution in [3.8, 4) is 6.07 Å². The second-order valence-corrected chi connectivity index (χ2v) is 5.82. The van der Waals surface area contributed by atoms with Crippen LogP contribution in [0, 0.1) is 11.3 Å². The molecule has 0 unspecified atom stereocenters. The Bertz CT molecular complexity index is 949. The van der Waals surface area contributed by atoms with Gasteiger partial charge in [0.25, 0.3) is 5.91 Å². The van der Waals surface area contributed by atoms with Crippen LogP contribution in [-0.2, 0) is 0 Å². The molecule has 1 saturated heterocycles. The van der Waals surface area contributed by atoms with E-state index in [4.69, 9.17) is 5.26 Å². The van der Waals surface area contributed by atoms with Gasteiger partial charge >= 0.3 is 0 Å². The zero-order valence-corrected chi connectivity index (χ0v) is 13.4. The Morgan fingerprint density at radius 2 is 1.88 bits per heavy atom. The predicted molar refractivity (Wildman–Crippen MR) is 90.1 cm³/mol. The van der Waals surface area contributed by atoms with Gasteiger partial charge in [0.1, 0.15) is 6.33 Å². The number of hydrogen-bond donors (Lipinski definition) is 0. The van der Waals surface area contributed by atoms with Gasteiger partial charge in [0, 0.05) is 37.8 Å². The second kappa shape index (κ2) is 6.20. The first-order valence-electron chi connectivity index (χ1n) is 7.95. The molecular formula is C17H15N7O. The minimum atomic E-state index is -0.00447. The van der Waals surface area contributed by atoms with Crippen molar-refractivity contribution in [1.29, 1.82) is 5.26 Å². The Balaban J connectivity index is 1.43. The summed E-state index contributed by atoms with van der Waals surface area (Å²) >= 11 is 0. The van der Waals surface area contributed by atoms with E-state index in [-0.39, 0.29) is 5.91 Å². The molecule has 124 valence electrons. The summed E-state index contributed by atoms with van der Waals surface area (Å²) in [5.41, 5.74) is 2.84. The molecule has 25 heavy (non-hydrogen) atoms. The Labute approximate surface area is 143 Å². The van der Waals surface area contributed by atoms with Crippen LogP contribution in [0.2, 0.25) is 0 Å². The minimum Gasteiger partial charge on any atom is -0.367 e. The molecular weight excluding hydrogens is 318 g/mol. The van der Waals surface area contributed by atoms with Gasteiger partial charge in [-0.2, -0.15) is 10.4 Å². The number of anilines is 1. The molecule has 1 amide bonds. The normalized spacial score (nSPS) is 14.5. The maximum Gasteiger partial charge on any atom is 0.253 e. The van der Waals surface area contributed by atoms with Gasteiger partial charge < -0.3 is 9.80 Å². The molecule has 3 aromatic rings. The van der Waals surface area contributed by atoms with Gasteiger partial charge in [-0.1, -0.05) is 0 Å². The number of aromatic nitrogens is 4. The molecule has 0 aliphatic carbocycles. The Kier molecular flexibility index (Phi) is 3.74. The molecule has 1 aliphatic rings. The van der Waals surface area contributed by atoms with Gasteiger partial charge in [0.05, 0.1) is 23.5 Å². The van der Waals surface area contributed by atoms with E-state index >= 15 is 0 Å². The van der Waals surface area contributed by atoms with E-state index in [1.54, 1.807) is 41.3 Å². The molecule has 8 nitrogen and oxygen atoms in total. The fourth-order valence-electron chi connectivity index (χ4n) is 2.92. The molecule has 3 heterocycles. The molecule has 0 N–H and O–H groups in total. The highest BCUT2D eigenvalue weighted by atomic mass is 16.2. The van der Waals surface area contributed by atoms with Crippen molar-refractivity contribution in [2.24, 2.45) is 0 Å². The molecule has 0 atom stereocenters. The molecule has 4 rings (SSSR count). The molecule has 8 heteroatoms. The van der Waals surface area contributed by atoms with E-state index in [1.807, 2.05) is 11.0 Å². The van der Waals surface area contributed by atoms with Crippen molar-refractivity contribution in [2.75, 3.05) is 31.1 Å². The summed E-state index contributed by atoms with van der Waals surface area (Å²) in [5, 5.41) is 21.0. The summed E-state index contributed by atoms with van der Waals surface area (Å²) in [7, 11) is 0. The van der Waals surface area contributed by atoms with Crippen molar-refractivity contribution in [1.82, 2.24) is 24.7 Å². The molecule has 1 fully saturated rings. The van der Waals surface area contributed by atoms with Crippen LogP contribution >= 0.6 is 0 Å². The fourth-order valence-corrected chi connectivity index (χ4v) is 2.92. The highest BCUT2D eigenvalue weighted by Crippen LogP contribution is 2.17. The lowest BCUT2D eigenvalue weighted by Crippen LogP contribution is -2.48. The molecule has 0 radical (unpaired) electrons. The van der Waals surface area contributed by atoms with E-state index in [2.05, 4.69) is 26.3 Å². The summed E-state index contributed by atoms with van der Waals surface area (Å²) < 4.78 is 1.62. The second-order valence-electron chi connectivity index (χ2n) is 5.82. The molecule has 0 spiro atoms. The molecule has 1 aromatic carbocycles. The Morgan fingerprint density at radius 3 is 2.60 bits per heavy atom. The van der Waals surface area contributed by atoms with Gasteiger partial charge in [-0.25, -0.2) is 4.52 Å². The van der Waals surface area contributed by atoms with E-state index in [0.717, 1.165) is 18.8 Å². The van der Waals surface area contributed by atoms with Crippen LogP contribution in [-0.4, -0.2) is 56.8 Å². The third-order valence-corrected chi connectivity index (χ3v) is 4.34. The number of nitriles is 1. The van der Waals surface area contributed by atoms with Crippen molar-refractivity contribution >= 4 is 17.2 Å². The first-order valence-corrected chi connectivity index (χ1v) is 7.95. The van der Waals surface area contributed by atoms with Crippen LogP contribution in [0.4, 0.5) is 5.69 Å². The van der Waals surface area contributed by atoms with Crippen molar-refractivity contribution in [2.45, 2.75) is 0 Å². The van der Waals surface area contributed by atoms with Gasteiger partial charge in [-0.05, 0) is 24.3 Å². The molecule has 1 aliphatic heterocycles. The molecule has 0 bridgehead atoms. The number of carbonyl (C=O) groups excluding carboxylic acids is 1. The Morgan fingerprint density at radius 1 is 1.12 bits per heavy atom. The maximum atomic E-state index is 12.6. The van der Waals surface area contributed by atoms with Crippen LogP contribution in [0.25, 0.3) is 5.65 Å². The maximum absolute atomic E-state index is 12.6. The largest absolute Gasteiger partial charge is 0.367 e. The van der Waals surface area contributed by atoms with E-state index < -0.39 is 0 Å². The average molecular weight is 333 g/mol. The van der Waals surface area contributed by atoms with Crippen LogP contribution in [0.5, 0.6) is 0 Å². The monoisotopic (exact) mass is 333 g/mol. The fraction of sp³-hybridized carbons (Fsp3) is 0.235. The van der Waals surface area contributed by atoms with Gasteiger partial charge in [0.2, 0.25) is 0 Å². The third-order valence-electron chi connectivity index (χ3n) is 4.34. The third kappa shape index (κ3) is 2.87. The molecule has 0 saturated carbocycles. The van der Waals surface area contributed by atoms with Gasteiger partial charge in [0.15, 0.2) is 5.65 Å². The average Bonchev–Trinajstić information content (AvgIpc) is 3.15. The lowest BCUT2D eigenvalue weighted by Gasteiger charge is -2.35. The standard InChI is InChI=1S/C17H15N7O/c18-10-13-1-3-14(4-2-13)17(25)23-7-5-22(6-8-23)15-9-16-21-19-12-24(16)20-11-15/h1-4,9,11-12H,5-8H2. The van der Waals surface area contributed by atoms with Gasteiger partial charge in [-0.15, -0.1) is 10.2 Å². The van der Waals surface area contributed by atoms with Crippen molar-refractivity contribution < 1.29 is 4.79 Å².